The Labute approximate surface area is 107 Å². The normalized spacial score (nSPS) is 14.3. The molecule has 4 nitrogen and oxygen atoms in total. The van der Waals surface area contributed by atoms with Crippen molar-refractivity contribution >= 4 is 5.97 Å². The summed E-state index contributed by atoms with van der Waals surface area (Å²) in [5.41, 5.74) is 0.961. The maximum absolute atomic E-state index is 11.1. The quantitative estimate of drug-likeness (QED) is 0.753. The number of carbonyl (C=O) groups excluding carboxylic acids is 1. The van der Waals surface area contributed by atoms with Gasteiger partial charge in [-0.2, -0.15) is 0 Å². The summed E-state index contributed by atoms with van der Waals surface area (Å²) in [6, 6.07) is 5.68. The van der Waals surface area contributed by atoms with E-state index in [4.69, 9.17) is 14.2 Å². The Bertz CT molecular complexity index is 428. The number of benzene rings is 1. The number of hydrogen-bond acceptors (Lipinski definition) is 4. The van der Waals surface area contributed by atoms with E-state index >= 15 is 0 Å². The summed E-state index contributed by atoms with van der Waals surface area (Å²) < 4.78 is 16.0. The molecule has 98 valence electrons. The molecule has 0 saturated carbocycles. The molecule has 0 aromatic heterocycles. The molecule has 0 saturated heterocycles. The van der Waals surface area contributed by atoms with Crippen LogP contribution in [0.3, 0.4) is 0 Å². The van der Waals surface area contributed by atoms with Gasteiger partial charge in [0.15, 0.2) is 11.5 Å². The molecule has 1 aliphatic rings. The number of ether oxygens (including phenoxy) is 3. The molecule has 0 radical (unpaired) electrons. The highest BCUT2D eigenvalue weighted by Crippen LogP contribution is 2.36. The summed E-state index contributed by atoms with van der Waals surface area (Å²) >= 11 is 0. The highest BCUT2D eigenvalue weighted by Gasteiger charge is 2.19. The lowest BCUT2D eigenvalue weighted by Gasteiger charge is -2.17. The van der Waals surface area contributed by atoms with Crippen molar-refractivity contribution < 1.29 is 19.0 Å². The van der Waals surface area contributed by atoms with Gasteiger partial charge in [-0.05, 0) is 30.5 Å². The van der Waals surface area contributed by atoms with E-state index < -0.39 is 0 Å². The van der Waals surface area contributed by atoms with Gasteiger partial charge in [0.2, 0.25) is 6.79 Å². The van der Waals surface area contributed by atoms with Crippen LogP contribution >= 0.6 is 0 Å². The summed E-state index contributed by atoms with van der Waals surface area (Å²) in [4.78, 5) is 11.1. The Balaban J connectivity index is 2.15. The molecular formula is C14H18O4. The second kappa shape index (κ2) is 5.76. The highest BCUT2D eigenvalue weighted by atomic mass is 16.7. The molecule has 18 heavy (non-hydrogen) atoms. The lowest BCUT2D eigenvalue weighted by molar-refractivity contribution is -0.147. The minimum Gasteiger partial charge on any atom is -0.458 e. The van der Waals surface area contributed by atoms with Gasteiger partial charge in [0.1, 0.15) is 6.10 Å². The van der Waals surface area contributed by atoms with Crippen LogP contribution in [0.25, 0.3) is 0 Å². The molecule has 0 bridgehead atoms. The number of esters is 1. The number of unbranched alkanes of at least 4 members (excludes halogenated alkanes) is 1. The van der Waals surface area contributed by atoms with Crippen molar-refractivity contribution in [2.45, 2.75) is 39.2 Å². The predicted octanol–water partition coefficient (Wildman–Crippen LogP) is 3.21. The minimum atomic E-state index is -0.256. The van der Waals surface area contributed by atoms with E-state index in [2.05, 4.69) is 6.92 Å². The van der Waals surface area contributed by atoms with Crippen LogP contribution < -0.4 is 9.47 Å². The molecule has 1 heterocycles. The van der Waals surface area contributed by atoms with Gasteiger partial charge in [0.05, 0.1) is 0 Å². The van der Waals surface area contributed by atoms with Gasteiger partial charge >= 0.3 is 5.97 Å². The van der Waals surface area contributed by atoms with E-state index in [9.17, 15) is 4.79 Å². The maximum Gasteiger partial charge on any atom is 0.303 e. The zero-order valence-corrected chi connectivity index (χ0v) is 10.8. The topological polar surface area (TPSA) is 44.8 Å². The Morgan fingerprint density at radius 1 is 1.39 bits per heavy atom. The smallest absolute Gasteiger partial charge is 0.303 e. The molecule has 0 N–H and O–H groups in total. The maximum atomic E-state index is 11.1. The van der Waals surface area contributed by atoms with Crippen molar-refractivity contribution in [1.29, 1.82) is 0 Å². The van der Waals surface area contributed by atoms with Crippen molar-refractivity contribution in [3.05, 3.63) is 23.8 Å². The Morgan fingerprint density at radius 2 is 2.17 bits per heavy atom. The Hall–Kier alpha value is -1.71. The van der Waals surface area contributed by atoms with Gasteiger partial charge in [-0.25, -0.2) is 0 Å². The van der Waals surface area contributed by atoms with Crippen LogP contribution in [0.15, 0.2) is 18.2 Å². The first kappa shape index (κ1) is 12.7. The second-order valence-corrected chi connectivity index (χ2v) is 4.35. The standard InChI is InChI=1S/C14H18O4/c1-3-4-5-12(18-10(2)15)11-6-7-13-14(8-11)17-9-16-13/h6-8,12H,3-5,9H2,1-2H3/t12-/m1/s1. The van der Waals surface area contributed by atoms with Crippen molar-refractivity contribution in [3.8, 4) is 11.5 Å². The minimum absolute atomic E-state index is 0.197. The molecule has 1 aromatic carbocycles. The molecule has 1 atom stereocenters. The predicted molar refractivity (Wildman–Crippen MR) is 66.6 cm³/mol. The summed E-state index contributed by atoms with van der Waals surface area (Å²) in [5.74, 6) is 1.21. The summed E-state index contributed by atoms with van der Waals surface area (Å²) in [7, 11) is 0. The number of rotatable bonds is 5. The van der Waals surface area contributed by atoms with Crippen LogP contribution in [0, 0.1) is 0 Å². The van der Waals surface area contributed by atoms with Gasteiger partial charge in [-0.15, -0.1) is 0 Å². The Kier molecular flexibility index (Phi) is 4.07. The molecule has 0 spiro atoms. The van der Waals surface area contributed by atoms with Gasteiger partial charge in [0.25, 0.3) is 0 Å². The van der Waals surface area contributed by atoms with Crippen LogP contribution in [-0.4, -0.2) is 12.8 Å². The van der Waals surface area contributed by atoms with E-state index in [1.807, 2.05) is 18.2 Å². The molecule has 0 unspecified atom stereocenters. The van der Waals surface area contributed by atoms with Crippen LogP contribution in [0.1, 0.15) is 44.8 Å². The van der Waals surface area contributed by atoms with Crippen molar-refractivity contribution in [2.24, 2.45) is 0 Å². The first-order valence-electron chi connectivity index (χ1n) is 6.27. The molecule has 0 fully saturated rings. The van der Waals surface area contributed by atoms with E-state index in [1.54, 1.807) is 0 Å². The third kappa shape index (κ3) is 2.94. The number of fused-ring (bicyclic) bond motifs is 1. The van der Waals surface area contributed by atoms with E-state index in [0.717, 1.165) is 36.3 Å². The van der Waals surface area contributed by atoms with Crippen LogP contribution in [0.2, 0.25) is 0 Å². The van der Waals surface area contributed by atoms with Gasteiger partial charge < -0.3 is 14.2 Å². The molecule has 1 aliphatic heterocycles. The average Bonchev–Trinajstić information content (AvgIpc) is 2.81. The van der Waals surface area contributed by atoms with Crippen molar-refractivity contribution in [2.75, 3.05) is 6.79 Å². The summed E-state index contributed by atoms with van der Waals surface area (Å²) in [5, 5.41) is 0. The van der Waals surface area contributed by atoms with Crippen LogP contribution in [0.5, 0.6) is 11.5 Å². The van der Waals surface area contributed by atoms with Crippen LogP contribution in [0.4, 0.5) is 0 Å². The molecule has 4 heteroatoms. The zero-order valence-electron chi connectivity index (χ0n) is 10.8. The van der Waals surface area contributed by atoms with Crippen LogP contribution in [-0.2, 0) is 9.53 Å². The van der Waals surface area contributed by atoms with Gasteiger partial charge in [-0.3, -0.25) is 4.79 Å². The second-order valence-electron chi connectivity index (χ2n) is 4.35. The average molecular weight is 250 g/mol. The fourth-order valence-corrected chi connectivity index (χ4v) is 2.00. The first-order valence-corrected chi connectivity index (χ1v) is 6.27. The molecule has 0 amide bonds. The lowest BCUT2D eigenvalue weighted by Crippen LogP contribution is -2.08. The third-order valence-electron chi connectivity index (χ3n) is 2.90. The molecule has 0 aliphatic carbocycles. The summed E-state index contributed by atoms with van der Waals surface area (Å²) in [6.07, 6.45) is 2.72. The third-order valence-corrected chi connectivity index (χ3v) is 2.90. The fourth-order valence-electron chi connectivity index (χ4n) is 2.00. The zero-order chi connectivity index (χ0) is 13.0. The number of hydrogen-bond donors (Lipinski definition) is 0. The van der Waals surface area contributed by atoms with E-state index in [0.29, 0.717) is 0 Å². The number of carbonyl (C=O) groups is 1. The monoisotopic (exact) mass is 250 g/mol. The summed E-state index contributed by atoms with van der Waals surface area (Å²) in [6.45, 7) is 3.81. The van der Waals surface area contributed by atoms with Gasteiger partial charge in [-0.1, -0.05) is 19.4 Å². The first-order chi connectivity index (χ1) is 8.70. The largest absolute Gasteiger partial charge is 0.458 e. The fraction of sp³-hybridized carbons (Fsp3) is 0.500. The van der Waals surface area contributed by atoms with E-state index in [1.165, 1.54) is 6.92 Å². The van der Waals surface area contributed by atoms with Crippen molar-refractivity contribution in [1.82, 2.24) is 0 Å². The van der Waals surface area contributed by atoms with E-state index in [-0.39, 0.29) is 18.9 Å². The SMILES string of the molecule is CCCC[C@@H](OC(C)=O)c1ccc2c(c1)OCO2. The Morgan fingerprint density at radius 3 is 2.89 bits per heavy atom. The molecular weight excluding hydrogens is 232 g/mol. The van der Waals surface area contributed by atoms with Gasteiger partial charge in [0, 0.05) is 6.92 Å². The lowest BCUT2D eigenvalue weighted by atomic mass is 10.0. The molecule has 1 aromatic rings. The molecule has 2 rings (SSSR count). The van der Waals surface area contributed by atoms with Crippen molar-refractivity contribution in [3.63, 3.8) is 0 Å². The highest BCUT2D eigenvalue weighted by molar-refractivity contribution is 5.66.